The Kier molecular flexibility index (Phi) is 12.2. The molecule has 20 rings (SSSR count). The van der Waals surface area contributed by atoms with Crippen molar-refractivity contribution in [2.45, 2.75) is 11.8 Å². The zero-order valence-corrected chi connectivity index (χ0v) is 50.8. The largest absolute Gasteiger partial charge is 0.309 e. The molecule has 2 unspecified atom stereocenters. The van der Waals surface area contributed by atoms with Crippen LogP contribution < -0.4 is 0 Å². The van der Waals surface area contributed by atoms with Crippen molar-refractivity contribution in [3.8, 4) is 101 Å². The quantitative estimate of drug-likeness (QED) is 0.136. The monoisotopic (exact) mass is 1200 g/mol. The number of hydrogen-bond acceptors (Lipinski definition) is 6. The fraction of sp³-hybridized carbons (Fsp3) is 0.0233. The van der Waals surface area contributed by atoms with Crippen molar-refractivity contribution in [3.05, 3.63) is 349 Å². The fourth-order valence-electron chi connectivity index (χ4n) is 14.9. The summed E-state index contributed by atoms with van der Waals surface area (Å²) in [4.78, 5) is 30.6. The van der Waals surface area contributed by atoms with Gasteiger partial charge in [0.25, 0.3) is 0 Å². The molecule has 438 valence electrons. The summed E-state index contributed by atoms with van der Waals surface area (Å²) in [5.41, 5.74) is 28.7. The zero-order valence-electron chi connectivity index (χ0n) is 50.8. The van der Waals surface area contributed by atoms with E-state index in [9.17, 15) is 0 Å². The molecular weight excluding hydrogens is 1150 g/mol. The highest BCUT2D eigenvalue weighted by Crippen LogP contribution is 2.57. The van der Waals surface area contributed by atoms with Gasteiger partial charge in [-0.25, -0.2) is 19.9 Å². The smallest absolute Gasteiger partial charge is 0.160 e. The van der Waals surface area contributed by atoms with Crippen molar-refractivity contribution in [1.82, 2.24) is 39.0 Å². The highest BCUT2D eigenvalue weighted by atomic mass is 15.0. The van der Waals surface area contributed by atoms with Gasteiger partial charge in [0.1, 0.15) is 0 Å². The summed E-state index contributed by atoms with van der Waals surface area (Å²) in [6, 6.07) is 104. The van der Waals surface area contributed by atoms with Crippen LogP contribution in [-0.2, 0) is 0 Å². The minimum absolute atomic E-state index is 0.000389. The molecular formula is C86H54N8. The normalized spacial score (nSPS) is 13.7. The number of hydrogen-bond donors (Lipinski definition) is 0. The molecule has 3 aliphatic carbocycles. The van der Waals surface area contributed by atoms with E-state index in [0.717, 1.165) is 133 Å². The SMILES string of the molecule is c1ccc(-c2cc(-c3ccc(-c4ccc5c(c4)c4cnccc4n5-c4ccccc4)cc3)nc(-c3ccc4c(c3)C3c5ccccc5C4c4cc(-c5nc(-c6ccccc6)cc(-c6ccc(-c7ccc8c(c7)c7cnccc7n8-c7ccccc7)cc6)n5)ccc43)n2)cc1. The van der Waals surface area contributed by atoms with Gasteiger partial charge in [-0.15, -0.1) is 0 Å². The van der Waals surface area contributed by atoms with Gasteiger partial charge in [0.05, 0.1) is 44.8 Å². The van der Waals surface area contributed by atoms with Crippen molar-refractivity contribution < 1.29 is 0 Å². The minimum Gasteiger partial charge on any atom is -0.309 e. The van der Waals surface area contributed by atoms with Gasteiger partial charge in [-0.2, -0.15) is 0 Å². The molecule has 0 saturated carbocycles. The second kappa shape index (κ2) is 21.6. The molecule has 94 heavy (non-hydrogen) atoms. The number of pyridine rings is 2. The molecule has 2 atom stereocenters. The highest BCUT2D eigenvalue weighted by Gasteiger charge is 2.42. The van der Waals surface area contributed by atoms with Crippen LogP contribution in [0.1, 0.15) is 45.2 Å². The third-order valence-corrected chi connectivity index (χ3v) is 19.3. The molecule has 0 radical (unpaired) electrons. The molecule has 6 aromatic heterocycles. The molecule has 3 aliphatic rings. The topological polar surface area (TPSA) is 87.2 Å². The Morgan fingerprint density at radius 3 is 0.947 bits per heavy atom. The molecule has 0 N–H and O–H groups in total. The Morgan fingerprint density at radius 1 is 0.223 bits per heavy atom. The van der Waals surface area contributed by atoms with Crippen LogP contribution in [0.2, 0.25) is 0 Å². The lowest BCUT2D eigenvalue weighted by atomic mass is 9.61. The Balaban J connectivity index is 0.664. The summed E-state index contributed by atoms with van der Waals surface area (Å²) < 4.78 is 4.64. The van der Waals surface area contributed by atoms with E-state index in [1.165, 1.54) is 33.4 Å². The number of benzene rings is 11. The van der Waals surface area contributed by atoms with Gasteiger partial charge < -0.3 is 9.13 Å². The first kappa shape index (κ1) is 53.3. The van der Waals surface area contributed by atoms with Crippen molar-refractivity contribution in [2.75, 3.05) is 0 Å². The van der Waals surface area contributed by atoms with E-state index < -0.39 is 0 Å². The first-order valence-electron chi connectivity index (χ1n) is 31.9. The molecule has 8 heteroatoms. The third-order valence-electron chi connectivity index (χ3n) is 19.3. The van der Waals surface area contributed by atoms with Gasteiger partial charge in [-0.1, -0.05) is 206 Å². The first-order chi connectivity index (χ1) is 46.6. The number of fused-ring (bicyclic) bond motifs is 6. The summed E-state index contributed by atoms with van der Waals surface area (Å²) >= 11 is 0. The average molecular weight is 1200 g/mol. The summed E-state index contributed by atoms with van der Waals surface area (Å²) in [5.74, 6) is 1.37. The van der Waals surface area contributed by atoms with Gasteiger partial charge >= 0.3 is 0 Å². The molecule has 17 aromatic rings. The van der Waals surface area contributed by atoms with Crippen molar-refractivity contribution >= 4 is 43.6 Å². The lowest BCUT2D eigenvalue weighted by Gasteiger charge is -2.42. The predicted molar refractivity (Wildman–Crippen MR) is 380 cm³/mol. The van der Waals surface area contributed by atoms with Crippen LogP contribution in [0.5, 0.6) is 0 Å². The highest BCUT2D eigenvalue weighted by molar-refractivity contribution is 6.11. The lowest BCUT2D eigenvalue weighted by molar-refractivity contribution is 0.754. The van der Waals surface area contributed by atoms with E-state index in [2.05, 4.69) is 310 Å². The molecule has 6 heterocycles. The number of rotatable bonds is 10. The number of para-hydroxylation sites is 2. The standard InChI is InChI=1S/C86H54N8/c1-5-15-55(16-6-1)75-49-77(57-29-25-53(26-30-57)59-35-39-79-69(45-59)73-51-87-43-41-81(73)93(79)63-19-9-3-10-20-63)91-85(89-75)61-33-37-67-71(47-61)83-65-23-13-14-24-66(65)84(67)72-48-62(34-38-68(72)83)86-90-76(56-17-7-2-8-18-56)50-78(92-86)58-31-27-54(28-32-58)60-36-40-80-70(46-60)74-52-88-44-42-82(74)94(80)64-21-11-4-12-22-64/h1-52,83-84H. The van der Waals surface area contributed by atoms with E-state index in [1.807, 2.05) is 24.8 Å². The maximum Gasteiger partial charge on any atom is 0.160 e. The number of nitrogens with zero attached hydrogens (tertiary/aromatic N) is 8. The molecule has 0 amide bonds. The van der Waals surface area contributed by atoms with Crippen LogP contribution in [-0.4, -0.2) is 39.0 Å². The number of aromatic nitrogens is 8. The van der Waals surface area contributed by atoms with Gasteiger partial charge in [0, 0.05) is 103 Å². The van der Waals surface area contributed by atoms with Crippen LogP contribution in [0.25, 0.3) is 145 Å². The summed E-state index contributed by atoms with van der Waals surface area (Å²) in [6.45, 7) is 0. The van der Waals surface area contributed by atoms with E-state index >= 15 is 0 Å². The van der Waals surface area contributed by atoms with Crippen molar-refractivity contribution in [1.29, 1.82) is 0 Å². The maximum atomic E-state index is 5.42. The molecule has 0 fully saturated rings. The van der Waals surface area contributed by atoms with Crippen LogP contribution in [0.3, 0.4) is 0 Å². The van der Waals surface area contributed by atoms with Crippen LogP contribution in [0, 0.1) is 0 Å². The Labute approximate surface area is 542 Å². The zero-order chi connectivity index (χ0) is 61.8. The summed E-state index contributed by atoms with van der Waals surface area (Å²) in [7, 11) is 0. The van der Waals surface area contributed by atoms with Crippen molar-refractivity contribution in [2.24, 2.45) is 0 Å². The van der Waals surface area contributed by atoms with Crippen molar-refractivity contribution in [3.63, 3.8) is 0 Å². The average Bonchev–Trinajstić information content (AvgIpc) is 0.915. The van der Waals surface area contributed by atoms with Crippen LogP contribution >= 0.6 is 0 Å². The second-order valence-corrected chi connectivity index (χ2v) is 24.6. The maximum absolute atomic E-state index is 5.42. The van der Waals surface area contributed by atoms with E-state index in [-0.39, 0.29) is 11.8 Å². The Morgan fingerprint density at radius 2 is 0.543 bits per heavy atom. The lowest BCUT2D eigenvalue weighted by Crippen LogP contribution is -2.27. The molecule has 2 bridgehead atoms. The Bertz CT molecular complexity index is 5480. The molecule has 0 saturated heterocycles. The van der Waals surface area contributed by atoms with Gasteiger partial charge in [-0.3, -0.25) is 9.97 Å². The fourth-order valence-corrected chi connectivity index (χ4v) is 14.9. The third kappa shape index (κ3) is 8.75. The van der Waals surface area contributed by atoms with E-state index in [1.54, 1.807) is 0 Å². The second-order valence-electron chi connectivity index (χ2n) is 24.6. The van der Waals surface area contributed by atoms with E-state index in [4.69, 9.17) is 19.9 Å². The van der Waals surface area contributed by atoms with Gasteiger partial charge in [-0.05, 0) is 141 Å². The van der Waals surface area contributed by atoms with Gasteiger partial charge in [0.15, 0.2) is 11.6 Å². The van der Waals surface area contributed by atoms with Crippen LogP contribution in [0.4, 0.5) is 0 Å². The molecule has 11 aromatic carbocycles. The van der Waals surface area contributed by atoms with E-state index in [0.29, 0.717) is 11.6 Å². The minimum atomic E-state index is 0.000389. The molecule has 0 spiro atoms. The first-order valence-corrected chi connectivity index (χ1v) is 31.9. The Hall–Kier alpha value is -12.5. The van der Waals surface area contributed by atoms with Gasteiger partial charge in [0.2, 0.25) is 0 Å². The van der Waals surface area contributed by atoms with Crippen LogP contribution in [0.15, 0.2) is 316 Å². The molecule has 8 nitrogen and oxygen atoms in total. The summed E-state index contributed by atoms with van der Waals surface area (Å²) in [5, 5.41) is 4.58. The molecule has 0 aliphatic heterocycles. The summed E-state index contributed by atoms with van der Waals surface area (Å²) in [6.07, 6.45) is 7.70. The predicted octanol–water partition coefficient (Wildman–Crippen LogP) is 20.6.